The minimum absolute atomic E-state index is 0.0247. The van der Waals surface area contributed by atoms with Crippen LogP contribution in [0.2, 0.25) is 0 Å². The largest absolute Gasteiger partial charge is 0.362 e. The molecule has 144 valence electrons. The molecule has 1 spiro atoms. The number of fused-ring (bicyclic) bond motifs is 3. The van der Waals surface area contributed by atoms with Gasteiger partial charge in [0.2, 0.25) is 5.91 Å². The van der Waals surface area contributed by atoms with Gasteiger partial charge in [-0.3, -0.25) is 14.6 Å². The molecule has 2 amide bonds. The fraction of sp³-hybridized carbons (Fsp3) is 0.409. The summed E-state index contributed by atoms with van der Waals surface area (Å²) in [4.78, 5) is 29.8. The molecule has 0 radical (unpaired) electrons. The lowest BCUT2D eigenvalue weighted by molar-refractivity contribution is -0.134. The highest BCUT2D eigenvalue weighted by Gasteiger charge is 2.60. The fourth-order valence-electron chi connectivity index (χ4n) is 5.52. The second-order valence-corrected chi connectivity index (χ2v) is 8.68. The first kappa shape index (κ1) is 17.2. The molecule has 28 heavy (non-hydrogen) atoms. The maximum atomic E-state index is 13.1. The zero-order valence-corrected chi connectivity index (χ0v) is 15.9. The third kappa shape index (κ3) is 2.58. The summed E-state index contributed by atoms with van der Waals surface area (Å²) in [5.41, 5.74) is 1.72. The van der Waals surface area contributed by atoms with E-state index < -0.39 is 5.66 Å². The van der Waals surface area contributed by atoms with Crippen molar-refractivity contribution in [3.63, 3.8) is 0 Å². The lowest BCUT2D eigenvalue weighted by Crippen LogP contribution is -2.70. The number of carbonyl (C=O) groups excluding carboxylic acids is 2. The molecule has 3 saturated carbocycles. The van der Waals surface area contributed by atoms with E-state index in [1.54, 1.807) is 12.4 Å². The molecule has 4 atom stereocenters. The molecular weight excluding hydrogens is 352 g/mol. The Balaban J connectivity index is 1.41. The van der Waals surface area contributed by atoms with E-state index in [0.717, 1.165) is 37.1 Å². The van der Waals surface area contributed by atoms with Gasteiger partial charge >= 0.3 is 0 Å². The van der Waals surface area contributed by atoms with Gasteiger partial charge < -0.3 is 16.0 Å². The smallest absolute Gasteiger partial charge is 0.255 e. The second-order valence-electron chi connectivity index (χ2n) is 8.68. The highest BCUT2D eigenvalue weighted by Crippen LogP contribution is 2.58. The topological polar surface area (TPSA) is 83.1 Å². The highest BCUT2D eigenvalue weighted by molar-refractivity contribution is 6.02. The molecule has 2 heterocycles. The number of hydrogen-bond donors (Lipinski definition) is 3. The third-order valence-electron chi connectivity index (χ3n) is 6.94. The fourth-order valence-corrected chi connectivity index (χ4v) is 5.52. The summed E-state index contributed by atoms with van der Waals surface area (Å²) in [6.07, 6.45) is 6.87. The van der Waals surface area contributed by atoms with Crippen LogP contribution in [0, 0.1) is 17.3 Å². The number of benzene rings is 1. The van der Waals surface area contributed by atoms with E-state index in [1.165, 1.54) is 0 Å². The SMILES string of the molecule is CC12CCC(CC1C(=O)Nc1ccncc1)[C@@]1(C2)NC(=O)c2ccccc2N1. The van der Waals surface area contributed by atoms with Crippen LogP contribution in [0.25, 0.3) is 0 Å². The lowest BCUT2D eigenvalue weighted by Gasteiger charge is -2.60. The first-order valence-electron chi connectivity index (χ1n) is 9.90. The average Bonchev–Trinajstić information content (AvgIpc) is 2.68. The van der Waals surface area contributed by atoms with E-state index in [-0.39, 0.29) is 29.1 Å². The quantitative estimate of drug-likeness (QED) is 0.750. The Kier molecular flexibility index (Phi) is 3.73. The van der Waals surface area contributed by atoms with Gasteiger partial charge in [-0.25, -0.2) is 0 Å². The molecule has 1 aliphatic heterocycles. The summed E-state index contributed by atoms with van der Waals surface area (Å²) in [7, 11) is 0. The Hall–Kier alpha value is -2.89. The number of nitrogens with one attached hydrogen (secondary N) is 3. The first-order chi connectivity index (χ1) is 13.5. The number of carbonyl (C=O) groups is 2. The Labute approximate surface area is 164 Å². The monoisotopic (exact) mass is 376 g/mol. The van der Waals surface area contributed by atoms with E-state index >= 15 is 0 Å². The first-order valence-corrected chi connectivity index (χ1v) is 9.90. The van der Waals surface area contributed by atoms with Crippen molar-refractivity contribution in [3.8, 4) is 0 Å². The van der Waals surface area contributed by atoms with E-state index in [0.29, 0.717) is 5.56 Å². The minimum atomic E-state index is -0.466. The molecule has 3 unspecified atom stereocenters. The van der Waals surface area contributed by atoms with Gasteiger partial charge in [0.05, 0.1) is 5.56 Å². The molecule has 2 aromatic rings. The molecule has 4 aliphatic rings. The summed E-state index contributed by atoms with van der Waals surface area (Å²) in [6, 6.07) is 11.3. The zero-order valence-electron chi connectivity index (χ0n) is 15.9. The van der Waals surface area contributed by atoms with E-state index in [2.05, 4.69) is 27.9 Å². The van der Waals surface area contributed by atoms with Gasteiger partial charge in [0.1, 0.15) is 5.66 Å². The molecule has 6 rings (SSSR count). The van der Waals surface area contributed by atoms with Crippen molar-refractivity contribution in [2.45, 2.75) is 38.3 Å². The van der Waals surface area contributed by atoms with Crippen LogP contribution >= 0.6 is 0 Å². The van der Waals surface area contributed by atoms with E-state index in [1.807, 2.05) is 36.4 Å². The number of amides is 2. The Morgan fingerprint density at radius 3 is 2.75 bits per heavy atom. The van der Waals surface area contributed by atoms with Gasteiger partial charge in [0.25, 0.3) is 5.91 Å². The minimum Gasteiger partial charge on any atom is -0.362 e. The second kappa shape index (κ2) is 6.06. The summed E-state index contributed by atoms with van der Waals surface area (Å²) < 4.78 is 0. The molecule has 3 N–H and O–H groups in total. The van der Waals surface area contributed by atoms with Crippen molar-refractivity contribution in [2.75, 3.05) is 10.6 Å². The molecular formula is C22H24N4O2. The summed E-state index contributed by atoms with van der Waals surface area (Å²) in [5.74, 6) is 0.194. The van der Waals surface area contributed by atoms with Crippen molar-refractivity contribution in [1.29, 1.82) is 0 Å². The van der Waals surface area contributed by atoms with Crippen LogP contribution in [0.1, 0.15) is 43.0 Å². The van der Waals surface area contributed by atoms with E-state index in [4.69, 9.17) is 0 Å². The van der Waals surface area contributed by atoms with Crippen LogP contribution in [-0.4, -0.2) is 22.5 Å². The molecule has 2 bridgehead atoms. The predicted molar refractivity (Wildman–Crippen MR) is 107 cm³/mol. The molecule has 1 aromatic carbocycles. The highest BCUT2D eigenvalue weighted by atomic mass is 16.2. The van der Waals surface area contributed by atoms with Gasteiger partial charge in [-0.05, 0) is 55.4 Å². The maximum absolute atomic E-state index is 13.1. The molecule has 3 aliphatic carbocycles. The third-order valence-corrected chi connectivity index (χ3v) is 6.94. The number of para-hydroxylation sites is 1. The van der Waals surface area contributed by atoms with E-state index in [9.17, 15) is 9.59 Å². The number of rotatable bonds is 2. The van der Waals surface area contributed by atoms with Crippen molar-refractivity contribution >= 4 is 23.2 Å². The van der Waals surface area contributed by atoms with Gasteiger partial charge in [-0.2, -0.15) is 0 Å². The van der Waals surface area contributed by atoms with Crippen LogP contribution < -0.4 is 16.0 Å². The summed E-state index contributed by atoms with van der Waals surface area (Å²) in [6.45, 7) is 2.19. The standard InChI is InChI=1S/C22H24N4O2/c1-21-9-6-14(12-17(21)20(28)24-15-7-10-23-11-8-15)22(13-21)25-18-5-3-2-4-16(18)19(27)26-22/h2-5,7-8,10-11,14,17,25H,6,9,12-13H2,1H3,(H,26,27)(H,23,24,28)/t14?,17?,21?,22-/m1/s1. The number of aromatic nitrogens is 1. The number of anilines is 2. The van der Waals surface area contributed by atoms with Crippen molar-refractivity contribution in [3.05, 3.63) is 54.4 Å². The van der Waals surface area contributed by atoms with Crippen molar-refractivity contribution in [1.82, 2.24) is 10.3 Å². The Bertz CT molecular complexity index is 947. The summed E-state index contributed by atoms with van der Waals surface area (Å²) in [5, 5.41) is 9.95. The van der Waals surface area contributed by atoms with Crippen LogP contribution in [0.4, 0.5) is 11.4 Å². The van der Waals surface area contributed by atoms with Crippen LogP contribution in [0.3, 0.4) is 0 Å². The molecule has 6 heteroatoms. The number of nitrogens with zero attached hydrogens (tertiary/aromatic N) is 1. The van der Waals surface area contributed by atoms with Crippen molar-refractivity contribution < 1.29 is 9.59 Å². The van der Waals surface area contributed by atoms with Gasteiger partial charge in [0.15, 0.2) is 0 Å². The van der Waals surface area contributed by atoms with Gasteiger partial charge in [-0.1, -0.05) is 19.1 Å². The average molecular weight is 376 g/mol. The van der Waals surface area contributed by atoms with Gasteiger partial charge in [0, 0.05) is 35.6 Å². The van der Waals surface area contributed by atoms with Crippen LogP contribution in [0.5, 0.6) is 0 Å². The lowest BCUT2D eigenvalue weighted by atomic mass is 9.51. The predicted octanol–water partition coefficient (Wildman–Crippen LogP) is 3.40. The number of hydrogen-bond acceptors (Lipinski definition) is 4. The maximum Gasteiger partial charge on any atom is 0.255 e. The zero-order chi connectivity index (χ0) is 19.4. The molecule has 3 fully saturated rings. The number of pyridine rings is 1. The normalized spacial score (nSPS) is 33.0. The van der Waals surface area contributed by atoms with Crippen LogP contribution in [0.15, 0.2) is 48.8 Å². The Morgan fingerprint density at radius 1 is 1.18 bits per heavy atom. The summed E-state index contributed by atoms with van der Waals surface area (Å²) >= 11 is 0. The van der Waals surface area contributed by atoms with Crippen LogP contribution in [-0.2, 0) is 4.79 Å². The molecule has 6 nitrogen and oxygen atoms in total. The van der Waals surface area contributed by atoms with Crippen molar-refractivity contribution in [2.24, 2.45) is 17.3 Å². The van der Waals surface area contributed by atoms with Gasteiger partial charge in [-0.15, -0.1) is 0 Å². The Morgan fingerprint density at radius 2 is 1.96 bits per heavy atom. The molecule has 0 saturated heterocycles. The molecule has 1 aromatic heterocycles.